The van der Waals surface area contributed by atoms with Crippen molar-refractivity contribution in [2.75, 3.05) is 13.7 Å². The third-order valence-corrected chi connectivity index (χ3v) is 4.59. The topological polar surface area (TPSA) is 78.9 Å². The molecule has 0 unspecified atom stereocenters. The minimum absolute atomic E-state index is 0.185. The van der Waals surface area contributed by atoms with Gasteiger partial charge in [0.1, 0.15) is 6.10 Å². The summed E-state index contributed by atoms with van der Waals surface area (Å²) < 4.78 is 15.5. The smallest absolute Gasteiger partial charge is 0.337 e. The van der Waals surface area contributed by atoms with E-state index >= 15 is 0 Å². The van der Waals surface area contributed by atoms with Gasteiger partial charge in [0, 0.05) is 10.6 Å². The van der Waals surface area contributed by atoms with Gasteiger partial charge < -0.3 is 14.2 Å². The van der Waals surface area contributed by atoms with Gasteiger partial charge in [0.15, 0.2) is 0 Å². The standard InChI is InChI=1S/C19H17ClO6/c1-3-25-19(23)13-8-11-9-14(18(22)24-2)16(26-17(11)21)15(13)10-4-6-12(20)7-5-10/h4-9,11,15-16H,3H2,1-2H3/t11-,15+,16-/m0/s1. The number of benzene rings is 1. The van der Waals surface area contributed by atoms with Gasteiger partial charge in [-0.05, 0) is 24.6 Å². The number of ether oxygens (including phenoxy) is 3. The van der Waals surface area contributed by atoms with Crippen molar-refractivity contribution in [1.29, 1.82) is 0 Å². The van der Waals surface area contributed by atoms with Gasteiger partial charge in [-0.25, -0.2) is 9.59 Å². The van der Waals surface area contributed by atoms with Crippen molar-refractivity contribution in [2.45, 2.75) is 18.9 Å². The first kappa shape index (κ1) is 18.2. The monoisotopic (exact) mass is 376 g/mol. The molecule has 1 aromatic carbocycles. The zero-order valence-electron chi connectivity index (χ0n) is 14.2. The van der Waals surface area contributed by atoms with Crippen LogP contribution in [0.1, 0.15) is 18.4 Å². The predicted octanol–water partition coefficient (Wildman–Crippen LogP) is 2.57. The van der Waals surface area contributed by atoms with Crippen LogP contribution in [0.25, 0.3) is 0 Å². The van der Waals surface area contributed by atoms with Gasteiger partial charge in [-0.2, -0.15) is 0 Å². The van der Waals surface area contributed by atoms with Gasteiger partial charge in [-0.3, -0.25) is 4.79 Å². The Balaban J connectivity index is 2.15. The maximum atomic E-state index is 12.6. The number of methoxy groups -OCH3 is 1. The van der Waals surface area contributed by atoms with Crippen LogP contribution in [0.3, 0.4) is 0 Å². The summed E-state index contributed by atoms with van der Waals surface area (Å²) >= 11 is 5.96. The maximum Gasteiger partial charge on any atom is 0.337 e. The summed E-state index contributed by atoms with van der Waals surface area (Å²) in [5.74, 6) is -3.24. The van der Waals surface area contributed by atoms with E-state index < -0.39 is 35.8 Å². The van der Waals surface area contributed by atoms with Gasteiger partial charge in [-0.1, -0.05) is 35.9 Å². The van der Waals surface area contributed by atoms with Crippen LogP contribution in [0.2, 0.25) is 5.02 Å². The third kappa shape index (κ3) is 3.24. The van der Waals surface area contributed by atoms with Gasteiger partial charge in [-0.15, -0.1) is 0 Å². The molecular weight excluding hydrogens is 360 g/mol. The Morgan fingerprint density at radius 2 is 1.77 bits per heavy atom. The van der Waals surface area contributed by atoms with Gasteiger partial charge in [0.25, 0.3) is 0 Å². The number of carbonyl (C=O) groups excluding carboxylic acids is 3. The Bertz CT molecular complexity index is 808. The molecule has 3 atom stereocenters. The molecule has 6 nitrogen and oxygen atoms in total. The molecule has 2 aliphatic heterocycles. The minimum Gasteiger partial charge on any atom is -0.466 e. The fourth-order valence-electron chi connectivity index (χ4n) is 3.18. The molecule has 1 aliphatic carbocycles. The molecule has 3 aliphatic rings. The van der Waals surface area contributed by atoms with E-state index in [1.807, 2.05) is 0 Å². The van der Waals surface area contributed by atoms with Crippen molar-refractivity contribution in [3.05, 3.63) is 58.1 Å². The molecule has 1 aromatic rings. The van der Waals surface area contributed by atoms with E-state index in [2.05, 4.69) is 0 Å². The summed E-state index contributed by atoms with van der Waals surface area (Å²) in [6.45, 7) is 1.88. The molecule has 136 valence electrons. The summed E-state index contributed by atoms with van der Waals surface area (Å²) in [5.41, 5.74) is 1.14. The zero-order chi connectivity index (χ0) is 18.8. The first-order valence-electron chi connectivity index (χ1n) is 8.11. The van der Waals surface area contributed by atoms with Crippen LogP contribution in [0.5, 0.6) is 0 Å². The first-order chi connectivity index (χ1) is 12.5. The van der Waals surface area contributed by atoms with E-state index in [1.54, 1.807) is 31.2 Å². The Hall–Kier alpha value is -2.60. The van der Waals surface area contributed by atoms with Gasteiger partial charge in [0.2, 0.25) is 0 Å². The molecule has 7 heteroatoms. The average molecular weight is 377 g/mol. The second-order valence-electron chi connectivity index (χ2n) is 5.87. The van der Waals surface area contributed by atoms with Crippen LogP contribution in [0.15, 0.2) is 47.6 Å². The molecule has 0 saturated carbocycles. The Kier molecular flexibility index (Phi) is 5.13. The molecule has 2 heterocycles. The van der Waals surface area contributed by atoms with E-state index in [0.29, 0.717) is 10.6 Å². The van der Waals surface area contributed by atoms with Crippen LogP contribution in [-0.2, 0) is 28.6 Å². The first-order valence-corrected chi connectivity index (χ1v) is 8.48. The molecule has 4 rings (SSSR count). The lowest BCUT2D eigenvalue weighted by Crippen LogP contribution is -2.36. The quantitative estimate of drug-likeness (QED) is 0.593. The fraction of sp³-hybridized carbons (Fsp3) is 0.316. The van der Waals surface area contributed by atoms with Crippen molar-refractivity contribution in [2.24, 2.45) is 5.92 Å². The van der Waals surface area contributed by atoms with Crippen LogP contribution in [0, 0.1) is 5.92 Å². The highest BCUT2D eigenvalue weighted by Gasteiger charge is 2.46. The highest BCUT2D eigenvalue weighted by atomic mass is 35.5. The largest absolute Gasteiger partial charge is 0.466 e. The lowest BCUT2D eigenvalue weighted by atomic mass is 9.84. The lowest BCUT2D eigenvalue weighted by molar-refractivity contribution is -0.153. The molecule has 0 N–H and O–H groups in total. The van der Waals surface area contributed by atoms with Crippen molar-refractivity contribution in [1.82, 2.24) is 0 Å². The van der Waals surface area contributed by atoms with Crippen molar-refractivity contribution in [3.8, 4) is 0 Å². The molecule has 0 spiro atoms. The van der Waals surface area contributed by atoms with E-state index in [0.717, 1.165) is 0 Å². The maximum absolute atomic E-state index is 12.6. The third-order valence-electron chi connectivity index (χ3n) is 4.34. The number of hydrogen-bond acceptors (Lipinski definition) is 6. The number of carbonyl (C=O) groups is 3. The van der Waals surface area contributed by atoms with Crippen LogP contribution in [-0.4, -0.2) is 37.7 Å². The second-order valence-corrected chi connectivity index (χ2v) is 6.30. The molecule has 0 amide bonds. The number of hydrogen-bond donors (Lipinski definition) is 0. The summed E-state index contributed by atoms with van der Waals surface area (Å²) in [6, 6.07) is 6.78. The SMILES string of the molecule is CCOC(=O)C1=C[C@H]2C=C(C(=O)OC)[C@H](OC2=O)[C@@H]1c1ccc(Cl)cc1. The second kappa shape index (κ2) is 7.33. The molecule has 0 aromatic heterocycles. The van der Waals surface area contributed by atoms with Crippen molar-refractivity contribution in [3.63, 3.8) is 0 Å². The van der Waals surface area contributed by atoms with Crippen LogP contribution >= 0.6 is 11.6 Å². The summed E-state index contributed by atoms with van der Waals surface area (Å²) in [5, 5.41) is 0.522. The molecular formula is C19H17ClO6. The van der Waals surface area contributed by atoms with E-state index in [1.165, 1.54) is 19.3 Å². The summed E-state index contributed by atoms with van der Waals surface area (Å²) in [4.78, 5) is 37.0. The van der Waals surface area contributed by atoms with E-state index in [4.69, 9.17) is 25.8 Å². The molecule has 2 bridgehead atoms. The van der Waals surface area contributed by atoms with Crippen molar-refractivity contribution < 1.29 is 28.6 Å². The molecule has 26 heavy (non-hydrogen) atoms. The molecule has 0 fully saturated rings. The highest BCUT2D eigenvalue weighted by Crippen LogP contribution is 2.42. The summed E-state index contributed by atoms with van der Waals surface area (Å²) in [7, 11) is 1.25. The van der Waals surface area contributed by atoms with Crippen molar-refractivity contribution >= 4 is 29.5 Å². The lowest BCUT2D eigenvalue weighted by Gasteiger charge is -2.29. The van der Waals surface area contributed by atoms with Gasteiger partial charge >= 0.3 is 17.9 Å². The number of halogens is 1. The number of esters is 3. The molecule has 0 radical (unpaired) electrons. The summed E-state index contributed by atoms with van der Waals surface area (Å²) in [6.07, 6.45) is 2.00. The van der Waals surface area contributed by atoms with Crippen LogP contribution < -0.4 is 0 Å². The average Bonchev–Trinajstić information content (AvgIpc) is 2.88. The minimum atomic E-state index is -0.981. The van der Waals surface area contributed by atoms with Crippen LogP contribution in [0.4, 0.5) is 0 Å². The molecule has 0 saturated heterocycles. The van der Waals surface area contributed by atoms with E-state index in [9.17, 15) is 14.4 Å². The Morgan fingerprint density at radius 3 is 2.38 bits per heavy atom. The number of rotatable bonds is 4. The van der Waals surface area contributed by atoms with Gasteiger partial charge in [0.05, 0.1) is 31.1 Å². The Morgan fingerprint density at radius 1 is 1.12 bits per heavy atom. The zero-order valence-corrected chi connectivity index (χ0v) is 15.0. The van der Waals surface area contributed by atoms with E-state index in [-0.39, 0.29) is 17.8 Å². The normalized spacial score (nSPS) is 24.1. The Labute approximate surface area is 155 Å². The predicted molar refractivity (Wildman–Crippen MR) is 92.4 cm³/mol. The fourth-order valence-corrected chi connectivity index (χ4v) is 3.31. The number of fused-ring (bicyclic) bond motifs is 2. The highest BCUT2D eigenvalue weighted by molar-refractivity contribution is 6.30.